The maximum Gasteiger partial charge on any atom is 0.253 e. The number of halogens is 1. The largest absolute Gasteiger partial charge is 0.360 e. The highest BCUT2D eigenvalue weighted by molar-refractivity contribution is 6.30. The zero-order chi connectivity index (χ0) is 24.3. The molecular weight excluding hydrogens is 452 g/mol. The predicted molar refractivity (Wildman–Crippen MR) is 136 cm³/mol. The van der Waals surface area contributed by atoms with Crippen molar-refractivity contribution in [1.82, 2.24) is 10.3 Å². The van der Waals surface area contributed by atoms with Crippen molar-refractivity contribution in [3.63, 3.8) is 0 Å². The Morgan fingerprint density at radius 1 is 1.03 bits per heavy atom. The third kappa shape index (κ3) is 4.99. The summed E-state index contributed by atoms with van der Waals surface area (Å²) in [5.74, 6) is 0.0731. The molecule has 1 aliphatic carbocycles. The molecule has 1 saturated carbocycles. The molecule has 0 spiro atoms. The minimum Gasteiger partial charge on any atom is -0.360 e. The van der Waals surface area contributed by atoms with Crippen molar-refractivity contribution in [2.75, 3.05) is 10.6 Å². The Labute approximate surface area is 203 Å². The summed E-state index contributed by atoms with van der Waals surface area (Å²) < 4.78 is 0. The van der Waals surface area contributed by atoms with Crippen molar-refractivity contribution in [3.05, 3.63) is 79.8 Å². The average Bonchev–Trinajstić information content (AvgIpc) is 2.86. The summed E-state index contributed by atoms with van der Waals surface area (Å²) in [5.41, 5.74) is -0.141. The lowest BCUT2D eigenvalue weighted by molar-refractivity contribution is 0.0811. The van der Waals surface area contributed by atoms with Gasteiger partial charge in [0.05, 0.1) is 11.9 Å². The highest BCUT2D eigenvalue weighted by atomic mass is 35.5. The molecular formula is C26H29ClN4O3. The second-order valence-electron chi connectivity index (χ2n) is 9.49. The molecule has 1 fully saturated rings. The fourth-order valence-corrected chi connectivity index (χ4v) is 4.81. The molecule has 3 N–H and O–H groups in total. The molecule has 1 atom stereocenters. The van der Waals surface area contributed by atoms with Crippen LogP contribution in [0.3, 0.4) is 0 Å². The number of carbonyl (C=O) groups is 1. The van der Waals surface area contributed by atoms with E-state index in [1.807, 2.05) is 0 Å². The SMILES string of the molecule is CC(C)(C1CCCCC1)C(NC(=O)c1ccc(Cl)cc1)Nc1c(Nc2cccnc2)c(=O)c1=O. The number of carbonyl (C=O) groups excluding carboxylic acids is 1. The summed E-state index contributed by atoms with van der Waals surface area (Å²) in [4.78, 5) is 42.0. The molecule has 4 rings (SSSR count). The lowest BCUT2D eigenvalue weighted by atomic mass is 9.69. The number of amides is 1. The summed E-state index contributed by atoms with van der Waals surface area (Å²) in [6, 6.07) is 10.2. The molecule has 1 heterocycles. The second-order valence-corrected chi connectivity index (χ2v) is 9.93. The molecule has 8 heteroatoms. The molecule has 2 aromatic carbocycles. The fraction of sp³-hybridized carbons (Fsp3) is 0.385. The topological polar surface area (TPSA) is 100 Å². The number of benzene rings is 1. The van der Waals surface area contributed by atoms with Crippen molar-refractivity contribution in [3.8, 4) is 0 Å². The van der Waals surface area contributed by atoms with Crippen molar-refractivity contribution in [1.29, 1.82) is 0 Å². The van der Waals surface area contributed by atoms with Gasteiger partial charge in [0, 0.05) is 22.2 Å². The molecule has 1 aromatic heterocycles. The third-order valence-electron chi connectivity index (χ3n) is 6.91. The Hall–Kier alpha value is -3.19. The Balaban J connectivity index is 1.63. The first kappa shape index (κ1) is 24.0. The molecule has 34 heavy (non-hydrogen) atoms. The zero-order valence-electron chi connectivity index (χ0n) is 19.4. The fourth-order valence-electron chi connectivity index (χ4n) is 4.68. The van der Waals surface area contributed by atoms with E-state index >= 15 is 0 Å². The third-order valence-corrected chi connectivity index (χ3v) is 7.17. The second kappa shape index (κ2) is 9.97. The van der Waals surface area contributed by atoms with E-state index in [2.05, 4.69) is 34.8 Å². The first-order chi connectivity index (χ1) is 16.3. The van der Waals surface area contributed by atoms with E-state index in [0.29, 0.717) is 22.2 Å². The summed E-state index contributed by atoms with van der Waals surface area (Å²) in [6.45, 7) is 4.20. The van der Waals surface area contributed by atoms with E-state index in [9.17, 15) is 14.4 Å². The van der Waals surface area contributed by atoms with E-state index in [1.54, 1.807) is 48.8 Å². The molecule has 178 valence electrons. The summed E-state index contributed by atoms with van der Waals surface area (Å²) >= 11 is 5.97. The van der Waals surface area contributed by atoms with Gasteiger partial charge in [0.15, 0.2) is 0 Å². The maximum atomic E-state index is 13.1. The number of nitrogens with one attached hydrogen (secondary N) is 3. The van der Waals surface area contributed by atoms with Crippen LogP contribution in [-0.4, -0.2) is 17.1 Å². The number of pyridine rings is 1. The Kier molecular flexibility index (Phi) is 7.03. The van der Waals surface area contributed by atoms with E-state index in [0.717, 1.165) is 25.7 Å². The molecule has 1 unspecified atom stereocenters. The molecule has 1 amide bonds. The van der Waals surface area contributed by atoms with Crippen LogP contribution in [-0.2, 0) is 0 Å². The van der Waals surface area contributed by atoms with Gasteiger partial charge in [-0.15, -0.1) is 0 Å². The van der Waals surface area contributed by atoms with E-state index in [-0.39, 0.29) is 22.7 Å². The molecule has 0 aliphatic heterocycles. The van der Waals surface area contributed by atoms with Gasteiger partial charge >= 0.3 is 0 Å². The monoisotopic (exact) mass is 480 g/mol. The van der Waals surface area contributed by atoms with Crippen molar-refractivity contribution >= 4 is 34.6 Å². The van der Waals surface area contributed by atoms with Crippen LogP contribution >= 0.6 is 11.6 Å². The van der Waals surface area contributed by atoms with Crippen LogP contribution in [0.15, 0.2) is 58.4 Å². The molecule has 3 aromatic rings. The highest BCUT2D eigenvalue weighted by Crippen LogP contribution is 2.41. The van der Waals surface area contributed by atoms with Crippen LogP contribution < -0.4 is 26.8 Å². The quantitative estimate of drug-likeness (QED) is 0.315. The van der Waals surface area contributed by atoms with Gasteiger partial charge in [-0.1, -0.05) is 44.7 Å². The van der Waals surface area contributed by atoms with E-state index in [1.165, 1.54) is 6.42 Å². The van der Waals surface area contributed by atoms with E-state index < -0.39 is 17.0 Å². The molecule has 0 saturated heterocycles. The Morgan fingerprint density at radius 2 is 1.71 bits per heavy atom. The predicted octanol–water partition coefficient (Wildman–Crippen LogP) is 4.85. The minimum atomic E-state index is -0.600. The molecule has 7 nitrogen and oxygen atoms in total. The van der Waals surface area contributed by atoms with Crippen molar-refractivity contribution in [2.45, 2.75) is 52.1 Å². The van der Waals surface area contributed by atoms with Crippen molar-refractivity contribution in [2.24, 2.45) is 11.3 Å². The van der Waals surface area contributed by atoms with Gasteiger partial charge in [-0.3, -0.25) is 19.4 Å². The number of rotatable bonds is 8. The number of nitrogens with zero attached hydrogens (tertiary/aromatic N) is 1. The number of hydrogen-bond donors (Lipinski definition) is 3. The normalized spacial score (nSPS) is 15.6. The van der Waals surface area contributed by atoms with E-state index in [4.69, 9.17) is 11.6 Å². The van der Waals surface area contributed by atoms with Crippen LogP contribution in [0.4, 0.5) is 17.1 Å². The van der Waals surface area contributed by atoms with Crippen LogP contribution in [0.1, 0.15) is 56.3 Å². The minimum absolute atomic E-state index is 0.180. The molecule has 0 radical (unpaired) electrons. The standard InChI is InChI=1S/C26H29ClN4O3/c1-26(2,17-7-4-3-5-8-17)25(31-24(34)16-10-12-18(27)13-11-16)30-21-20(22(32)23(21)33)29-19-9-6-14-28-15-19/h6,9-15,17,25,29-30H,3-5,7-8H2,1-2H3,(H,31,34). The molecule has 0 bridgehead atoms. The van der Waals surface area contributed by atoms with Gasteiger partial charge in [0.25, 0.3) is 16.8 Å². The number of anilines is 3. The van der Waals surface area contributed by atoms with Gasteiger partial charge in [-0.25, -0.2) is 0 Å². The Morgan fingerprint density at radius 3 is 2.35 bits per heavy atom. The zero-order valence-corrected chi connectivity index (χ0v) is 20.1. The van der Waals surface area contributed by atoms with Gasteiger partial charge in [-0.2, -0.15) is 0 Å². The lowest BCUT2D eigenvalue weighted by Crippen LogP contribution is -2.55. The van der Waals surface area contributed by atoms with Gasteiger partial charge < -0.3 is 16.0 Å². The summed E-state index contributed by atoms with van der Waals surface area (Å²) in [5, 5.41) is 9.84. The summed E-state index contributed by atoms with van der Waals surface area (Å²) in [7, 11) is 0. The molecule has 1 aliphatic rings. The van der Waals surface area contributed by atoms with Gasteiger partial charge in [-0.05, 0) is 55.2 Å². The van der Waals surface area contributed by atoms with Crippen LogP contribution in [0.5, 0.6) is 0 Å². The summed E-state index contributed by atoms with van der Waals surface area (Å²) in [6.07, 6.45) is 8.22. The smallest absolute Gasteiger partial charge is 0.253 e. The maximum absolute atomic E-state index is 13.1. The van der Waals surface area contributed by atoms with Crippen LogP contribution in [0.25, 0.3) is 0 Å². The Bertz CT molecular complexity index is 1210. The van der Waals surface area contributed by atoms with Crippen LogP contribution in [0, 0.1) is 11.3 Å². The van der Waals surface area contributed by atoms with Gasteiger partial charge in [0.2, 0.25) is 0 Å². The van der Waals surface area contributed by atoms with Gasteiger partial charge in [0.1, 0.15) is 17.5 Å². The first-order valence-electron chi connectivity index (χ1n) is 11.6. The average molecular weight is 481 g/mol. The van der Waals surface area contributed by atoms with Crippen LogP contribution in [0.2, 0.25) is 5.02 Å². The number of hydrogen-bond acceptors (Lipinski definition) is 6. The highest BCUT2D eigenvalue weighted by Gasteiger charge is 2.40. The first-order valence-corrected chi connectivity index (χ1v) is 12.0. The van der Waals surface area contributed by atoms with Crippen molar-refractivity contribution < 1.29 is 4.79 Å². The number of aromatic nitrogens is 1. The lowest BCUT2D eigenvalue weighted by Gasteiger charge is -2.44.